The molecule has 0 saturated heterocycles. The molecule has 0 rings (SSSR count). The van der Waals surface area contributed by atoms with Crippen LogP contribution in [0, 0.1) is 0 Å². The Morgan fingerprint density at radius 1 is 0.387 bits per heavy atom. The van der Waals surface area contributed by atoms with E-state index in [1.54, 1.807) is 0 Å². The normalized spacial score (nSPS) is 17.8. The van der Waals surface area contributed by atoms with Crippen LogP contribution in [0.2, 0.25) is 0 Å². The summed E-state index contributed by atoms with van der Waals surface area (Å²) in [5.74, 6) is 11.2. The van der Waals surface area contributed by atoms with E-state index >= 15 is 0 Å². The van der Waals surface area contributed by atoms with Gasteiger partial charge in [-0.15, -0.1) is 0 Å². The molecular formula is C18H38S13. The van der Waals surface area contributed by atoms with Crippen LogP contribution in [0.3, 0.4) is 0 Å². The quantitative estimate of drug-likeness (QED) is 0.0636. The van der Waals surface area contributed by atoms with E-state index < -0.39 is 0 Å². The van der Waals surface area contributed by atoms with Crippen molar-refractivity contribution in [2.45, 2.75) is 31.5 Å². The Kier molecular flexibility index (Phi) is 28.5. The highest BCUT2D eigenvalue weighted by atomic mass is 32.2. The Hall–Kier alpha value is 4.55. The first-order valence-electron chi connectivity index (χ1n) is 10.1. The van der Waals surface area contributed by atoms with E-state index in [9.17, 15) is 0 Å². The molecule has 0 aliphatic carbocycles. The van der Waals surface area contributed by atoms with Gasteiger partial charge < -0.3 is 0 Å². The molecule has 0 aliphatic rings. The molecule has 0 aromatic carbocycles. The summed E-state index contributed by atoms with van der Waals surface area (Å²) in [6.07, 6.45) is 0. The number of thioether (sulfide) groups is 5. The molecule has 13 heteroatoms. The van der Waals surface area contributed by atoms with Crippen LogP contribution in [0.1, 0.15) is 0 Å². The van der Waals surface area contributed by atoms with E-state index in [0.29, 0.717) is 31.5 Å². The molecule has 4 atom stereocenters. The van der Waals surface area contributed by atoms with Gasteiger partial charge in [0.2, 0.25) is 0 Å². The lowest BCUT2D eigenvalue weighted by atomic mass is 10.2. The third-order valence-electron chi connectivity index (χ3n) is 4.19. The number of hydrogen-bond acceptors (Lipinski definition) is 13. The molecule has 0 bridgehead atoms. The second kappa shape index (κ2) is 24.9. The van der Waals surface area contributed by atoms with Crippen LogP contribution in [0.15, 0.2) is 0 Å². The lowest BCUT2D eigenvalue weighted by Gasteiger charge is -2.39. The van der Waals surface area contributed by atoms with Crippen molar-refractivity contribution >= 4 is 160 Å². The topological polar surface area (TPSA) is 0 Å². The Balaban J connectivity index is 5.90. The number of rotatable bonds is 22. The van der Waals surface area contributed by atoms with Gasteiger partial charge in [-0.05, 0) is 23.0 Å². The van der Waals surface area contributed by atoms with Gasteiger partial charge in [-0.25, -0.2) is 0 Å². The maximum Gasteiger partial charge on any atom is 0.0304 e. The summed E-state index contributed by atoms with van der Waals surface area (Å²) in [6.45, 7) is 0. The molecule has 0 heterocycles. The average molecular weight is 671 g/mol. The van der Waals surface area contributed by atoms with Crippen molar-refractivity contribution in [2.75, 3.05) is 69.0 Å². The van der Waals surface area contributed by atoms with Crippen molar-refractivity contribution in [2.24, 2.45) is 0 Å². The van der Waals surface area contributed by atoms with Crippen molar-refractivity contribution in [1.82, 2.24) is 0 Å². The smallest absolute Gasteiger partial charge is 0.0304 e. The Morgan fingerprint density at radius 3 is 0.774 bits per heavy atom. The SMILES string of the molecule is SCCSC(CS)C(SC(C(CS)SCCS)C(CS)SCCS)C(CS)SCCS. The third-order valence-corrected chi connectivity index (χ3v) is 16.8. The summed E-state index contributed by atoms with van der Waals surface area (Å²) >= 11 is 47.0. The molecule has 0 aliphatic heterocycles. The van der Waals surface area contributed by atoms with Crippen LogP contribution in [-0.2, 0) is 0 Å². The Labute approximate surface area is 257 Å². The molecule has 31 heavy (non-hydrogen) atoms. The molecule has 0 N–H and O–H groups in total. The van der Waals surface area contributed by atoms with E-state index in [-0.39, 0.29) is 0 Å². The molecule has 0 nitrogen and oxygen atoms in total. The maximum absolute atomic E-state index is 4.77. The fourth-order valence-corrected chi connectivity index (χ4v) is 13.8. The monoisotopic (exact) mass is 670 g/mol. The van der Waals surface area contributed by atoms with Gasteiger partial charge >= 0.3 is 0 Å². The fourth-order valence-electron chi connectivity index (χ4n) is 2.83. The second-order valence-corrected chi connectivity index (χ2v) is 16.3. The van der Waals surface area contributed by atoms with Crippen molar-refractivity contribution in [1.29, 1.82) is 0 Å². The summed E-state index contributed by atoms with van der Waals surface area (Å²) in [5.41, 5.74) is 0. The third kappa shape index (κ3) is 15.5. The molecule has 4 unspecified atom stereocenters. The number of thiol groups is 8. The molecule has 0 aromatic heterocycles. The van der Waals surface area contributed by atoms with E-state index in [4.69, 9.17) is 50.5 Å². The molecular weight excluding hydrogens is 633 g/mol. The largest absolute Gasteiger partial charge is 0.179 e. The molecule has 0 amide bonds. The second-order valence-electron chi connectivity index (χ2n) is 6.33. The zero-order valence-corrected chi connectivity index (χ0v) is 28.8. The van der Waals surface area contributed by atoms with E-state index in [0.717, 1.165) is 69.0 Å². The summed E-state index contributed by atoms with van der Waals surface area (Å²) in [6, 6.07) is 0. The maximum atomic E-state index is 4.77. The lowest BCUT2D eigenvalue weighted by molar-refractivity contribution is 0.797. The minimum absolute atomic E-state index is 0.452. The minimum atomic E-state index is 0.452. The summed E-state index contributed by atoms with van der Waals surface area (Å²) in [4.78, 5) is 0. The van der Waals surface area contributed by atoms with Crippen molar-refractivity contribution in [3.05, 3.63) is 0 Å². The van der Waals surface area contributed by atoms with Crippen LogP contribution in [0.5, 0.6) is 0 Å². The van der Waals surface area contributed by atoms with Gasteiger partial charge in [0, 0.05) is 77.5 Å². The van der Waals surface area contributed by atoms with Crippen molar-refractivity contribution in [3.8, 4) is 0 Å². The minimum Gasteiger partial charge on any atom is -0.179 e. The fraction of sp³-hybridized carbons (Fsp3) is 1.00. The molecule has 0 aromatic rings. The average Bonchev–Trinajstić information content (AvgIpc) is 2.79. The predicted octanol–water partition coefficient (Wildman–Crippen LogP) is 6.30. The van der Waals surface area contributed by atoms with Crippen LogP contribution in [0.25, 0.3) is 0 Å². The van der Waals surface area contributed by atoms with Gasteiger partial charge in [0.05, 0.1) is 0 Å². The molecule has 188 valence electrons. The summed E-state index contributed by atoms with van der Waals surface area (Å²) in [7, 11) is 0. The Morgan fingerprint density at radius 2 is 0.613 bits per heavy atom. The first-order valence-corrected chi connectivity index (χ1v) is 20.3. The van der Waals surface area contributed by atoms with Crippen LogP contribution in [0.4, 0.5) is 0 Å². The lowest BCUT2D eigenvalue weighted by Crippen LogP contribution is -2.42. The van der Waals surface area contributed by atoms with Gasteiger partial charge in [0.1, 0.15) is 0 Å². The highest BCUT2D eigenvalue weighted by Gasteiger charge is 2.37. The van der Waals surface area contributed by atoms with Crippen LogP contribution >= 0.6 is 160 Å². The highest BCUT2D eigenvalue weighted by molar-refractivity contribution is 8.09. The standard InChI is InChI=1S/C18H38S13/c19-1-5-27-13(9-23)17(14(10-24)28-6-2-20)31-18(15(11-25)29-7-3-21)16(12-26)30-8-4-22/h13-26H,1-12H2. The summed E-state index contributed by atoms with van der Waals surface area (Å²) in [5, 5.41) is 2.73. The summed E-state index contributed by atoms with van der Waals surface area (Å²) < 4.78 is 0. The molecule has 0 saturated carbocycles. The highest BCUT2D eigenvalue weighted by Crippen LogP contribution is 2.43. The number of hydrogen-bond donors (Lipinski definition) is 8. The van der Waals surface area contributed by atoms with Crippen molar-refractivity contribution < 1.29 is 0 Å². The van der Waals surface area contributed by atoms with Crippen LogP contribution < -0.4 is 0 Å². The van der Waals surface area contributed by atoms with Gasteiger partial charge in [-0.1, -0.05) is 0 Å². The predicted molar refractivity (Wildman–Crippen MR) is 191 cm³/mol. The molecule has 0 fully saturated rings. The zero-order chi connectivity index (χ0) is 23.5. The molecule has 0 radical (unpaired) electrons. The zero-order valence-electron chi connectivity index (χ0n) is 17.6. The first kappa shape index (κ1) is 35.5. The first-order chi connectivity index (χ1) is 15.1. The van der Waals surface area contributed by atoms with Gasteiger partial charge in [-0.3, -0.25) is 0 Å². The van der Waals surface area contributed by atoms with Gasteiger partial charge in [-0.2, -0.15) is 160 Å². The van der Waals surface area contributed by atoms with E-state index in [2.05, 4.69) is 62.3 Å². The van der Waals surface area contributed by atoms with Crippen LogP contribution in [-0.4, -0.2) is 101 Å². The molecule has 0 spiro atoms. The van der Waals surface area contributed by atoms with Crippen molar-refractivity contribution in [3.63, 3.8) is 0 Å². The Bertz CT molecular complexity index is 323. The van der Waals surface area contributed by atoms with E-state index in [1.807, 2.05) is 47.0 Å². The van der Waals surface area contributed by atoms with Gasteiger partial charge in [0.15, 0.2) is 0 Å². The van der Waals surface area contributed by atoms with Gasteiger partial charge in [0.25, 0.3) is 0 Å². The van der Waals surface area contributed by atoms with E-state index in [1.165, 1.54) is 0 Å².